The van der Waals surface area contributed by atoms with Crippen molar-refractivity contribution in [3.63, 3.8) is 0 Å². The molecule has 2 N–H and O–H groups in total. The zero-order valence-electron chi connectivity index (χ0n) is 13.0. The number of benzene rings is 1. The van der Waals surface area contributed by atoms with E-state index in [2.05, 4.69) is 30.8 Å². The lowest BCUT2D eigenvalue weighted by Gasteiger charge is -2.29. The predicted molar refractivity (Wildman–Crippen MR) is 88.7 cm³/mol. The van der Waals surface area contributed by atoms with Gasteiger partial charge in [-0.2, -0.15) is 18.3 Å². The fourth-order valence-corrected chi connectivity index (χ4v) is 4.10. The number of H-pyrrole nitrogens is 1. The number of halogens is 4. The average Bonchev–Trinajstić information content (AvgIpc) is 2.96. The van der Waals surface area contributed by atoms with Gasteiger partial charge in [-0.15, -0.1) is 0 Å². The number of aromatic nitrogens is 2. The number of nitrogens with zero attached hydrogens (tertiary/aromatic N) is 2. The highest BCUT2D eigenvalue weighted by molar-refractivity contribution is 9.10. The number of fused-ring (bicyclic) bond motifs is 1. The van der Waals surface area contributed by atoms with Gasteiger partial charge >= 0.3 is 12.1 Å². The first-order valence-electron chi connectivity index (χ1n) is 7.27. The van der Waals surface area contributed by atoms with E-state index < -0.39 is 22.1 Å². The highest BCUT2D eigenvalue weighted by Gasteiger charge is 2.43. The second-order valence-electron chi connectivity index (χ2n) is 5.60. The normalized spacial score (nSPS) is 14.8. The van der Waals surface area contributed by atoms with Crippen molar-refractivity contribution in [2.75, 3.05) is 11.3 Å². The Kier molecular flexibility index (Phi) is 4.73. The molecule has 2 aromatic rings. The third kappa shape index (κ3) is 3.70. The Hall–Kier alpha value is -2.08. The summed E-state index contributed by atoms with van der Waals surface area (Å²) in [6.45, 7) is -0.373. The van der Waals surface area contributed by atoms with Gasteiger partial charge in [0, 0.05) is 13.1 Å². The molecule has 1 aromatic heterocycles. The van der Waals surface area contributed by atoms with E-state index in [-0.39, 0.29) is 30.2 Å². The topological polar surface area (TPSA) is 95.2 Å². The number of hydrogen-bond acceptors (Lipinski definition) is 4. The fraction of sp³-hybridized carbons (Fsp3) is 0.286. The molecule has 0 saturated heterocycles. The summed E-state index contributed by atoms with van der Waals surface area (Å²) in [5.74, 6) is -1.81. The number of hydrogen-bond donors (Lipinski definition) is 2. The molecule has 0 fully saturated rings. The molecule has 12 heteroatoms. The Labute approximate surface area is 154 Å². The van der Waals surface area contributed by atoms with Gasteiger partial charge in [0.15, 0.2) is 0 Å². The molecule has 1 aromatic carbocycles. The molecule has 0 spiro atoms. The molecular weight excluding hydrogens is 441 g/mol. The molecule has 26 heavy (non-hydrogen) atoms. The number of alkyl halides is 3. The molecule has 140 valence electrons. The van der Waals surface area contributed by atoms with E-state index in [1.54, 1.807) is 6.07 Å². The number of anilines is 1. The molecule has 2 heterocycles. The minimum absolute atomic E-state index is 0.0726. The van der Waals surface area contributed by atoms with Crippen LogP contribution in [-0.2, 0) is 27.8 Å². The van der Waals surface area contributed by atoms with E-state index >= 15 is 0 Å². The Morgan fingerprint density at radius 3 is 2.65 bits per heavy atom. The Balaban J connectivity index is 1.87. The fourth-order valence-electron chi connectivity index (χ4n) is 2.59. The quantitative estimate of drug-likeness (QED) is 0.747. The van der Waals surface area contributed by atoms with Gasteiger partial charge in [0.25, 0.3) is 10.0 Å². The van der Waals surface area contributed by atoms with Crippen LogP contribution in [0.2, 0.25) is 0 Å². The van der Waals surface area contributed by atoms with Crippen LogP contribution in [0.3, 0.4) is 0 Å². The van der Waals surface area contributed by atoms with Crippen LogP contribution in [0.25, 0.3) is 0 Å². The number of aromatic amines is 1. The summed E-state index contributed by atoms with van der Waals surface area (Å²) in [5.41, 5.74) is 1.07. The largest absolute Gasteiger partial charge is 0.471 e. The van der Waals surface area contributed by atoms with Crippen LogP contribution in [0.1, 0.15) is 11.1 Å². The predicted octanol–water partition coefficient (Wildman–Crippen LogP) is 2.42. The number of amides is 1. The van der Waals surface area contributed by atoms with Crippen molar-refractivity contribution in [3.8, 4) is 0 Å². The van der Waals surface area contributed by atoms with Crippen molar-refractivity contribution < 1.29 is 26.4 Å². The van der Waals surface area contributed by atoms with E-state index in [9.17, 15) is 26.4 Å². The molecule has 0 unspecified atom stereocenters. The summed E-state index contributed by atoms with van der Waals surface area (Å²) >= 11 is 3.12. The molecular formula is C14H12BrF3N4O3S. The molecule has 1 amide bonds. The van der Waals surface area contributed by atoms with Crippen molar-refractivity contribution in [2.45, 2.75) is 24.0 Å². The van der Waals surface area contributed by atoms with Crippen LogP contribution in [0, 0.1) is 0 Å². The Morgan fingerprint density at radius 2 is 2.04 bits per heavy atom. The standard InChI is InChI=1S/C14H12BrF3N4O3S/c15-11-6-19-20-12(11)21-26(24,25)10-2-1-8-3-4-22(7-9(8)5-10)13(23)14(16,17)18/h1-2,5-6H,3-4,7H2,(H2,19,20,21). The van der Waals surface area contributed by atoms with Gasteiger partial charge in [0.05, 0.1) is 15.6 Å². The highest BCUT2D eigenvalue weighted by atomic mass is 79.9. The van der Waals surface area contributed by atoms with E-state index in [4.69, 9.17) is 0 Å². The smallest absolute Gasteiger partial charge is 0.330 e. The zero-order chi connectivity index (χ0) is 19.1. The third-order valence-electron chi connectivity index (χ3n) is 3.86. The molecule has 3 rings (SSSR count). The van der Waals surface area contributed by atoms with Gasteiger partial charge in [-0.25, -0.2) is 8.42 Å². The van der Waals surface area contributed by atoms with Crippen LogP contribution in [0.15, 0.2) is 33.8 Å². The number of rotatable bonds is 3. The van der Waals surface area contributed by atoms with Gasteiger partial charge in [0.2, 0.25) is 0 Å². The summed E-state index contributed by atoms with van der Waals surface area (Å²) in [5, 5.41) is 6.14. The first-order chi connectivity index (χ1) is 12.1. The monoisotopic (exact) mass is 452 g/mol. The maximum absolute atomic E-state index is 12.6. The van der Waals surface area contributed by atoms with E-state index in [1.807, 2.05) is 0 Å². The second kappa shape index (κ2) is 6.58. The zero-order valence-corrected chi connectivity index (χ0v) is 15.4. The lowest BCUT2D eigenvalue weighted by molar-refractivity contribution is -0.186. The number of nitrogens with one attached hydrogen (secondary N) is 2. The van der Waals surface area contributed by atoms with Gasteiger partial charge < -0.3 is 4.90 Å². The Bertz CT molecular complexity index is 959. The van der Waals surface area contributed by atoms with E-state index in [1.165, 1.54) is 18.3 Å². The van der Waals surface area contributed by atoms with Gasteiger partial charge in [-0.05, 0) is 45.6 Å². The first kappa shape index (κ1) is 18.7. The highest BCUT2D eigenvalue weighted by Crippen LogP contribution is 2.28. The number of carbonyl (C=O) groups excluding carboxylic acids is 1. The van der Waals surface area contributed by atoms with Crippen molar-refractivity contribution >= 4 is 37.7 Å². The molecule has 0 atom stereocenters. The number of sulfonamides is 1. The van der Waals surface area contributed by atoms with Gasteiger partial charge in [0.1, 0.15) is 5.82 Å². The lowest BCUT2D eigenvalue weighted by Crippen LogP contribution is -2.43. The van der Waals surface area contributed by atoms with E-state index in [0.29, 0.717) is 20.5 Å². The number of carbonyl (C=O) groups is 1. The molecule has 1 aliphatic rings. The van der Waals surface area contributed by atoms with Gasteiger partial charge in [-0.3, -0.25) is 14.6 Å². The molecule has 0 radical (unpaired) electrons. The van der Waals surface area contributed by atoms with Crippen LogP contribution >= 0.6 is 15.9 Å². The summed E-state index contributed by atoms with van der Waals surface area (Å²) in [7, 11) is -3.98. The Morgan fingerprint density at radius 1 is 1.31 bits per heavy atom. The molecule has 0 bridgehead atoms. The summed E-state index contributed by atoms with van der Waals surface area (Å²) in [6.07, 6.45) is -3.38. The maximum Gasteiger partial charge on any atom is 0.471 e. The van der Waals surface area contributed by atoms with Crippen LogP contribution in [0.4, 0.5) is 19.0 Å². The van der Waals surface area contributed by atoms with Gasteiger partial charge in [-0.1, -0.05) is 6.07 Å². The summed E-state index contributed by atoms with van der Waals surface area (Å²) in [4.78, 5) is 12.0. The first-order valence-corrected chi connectivity index (χ1v) is 9.55. The molecule has 7 nitrogen and oxygen atoms in total. The van der Waals surface area contributed by atoms with Crippen molar-refractivity contribution in [3.05, 3.63) is 40.0 Å². The van der Waals surface area contributed by atoms with Crippen molar-refractivity contribution in [1.82, 2.24) is 15.1 Å². The minimum Gasteiger partial charge on any atom is -0.330 e. The van der Waals surface area contributed by atoms with Crippen molar-refractivity contribution in [2.24, 2.45) is 0 Å². The summed E-state index contributed by atoms with van der Waals surface area (Å²) < 4.78 is 65.5. The molecule has 1 aliphatic heterocycles. The van der Waals surface area contributed by atoms with Crippen LogP contribution < -0.4 is 4.72 Å². The van der Waals surface area contributed by atoms with Crippen molar-refractivity contribution in [1.29, 1.82) is 0 Å². The lowest BCUT2D eigenvalue weighted by atomic mass is 10.00. The summed E-state index contributed by atoms with van der Waals surface area (Å²) in [6, 6.07) is 4.19. The maximum atomic E-state index is 12.6. The molecule has 0 aliphatic carbocycles. The van der Waals surface area contributed by atoms with Crippen LogP contribution in [-0.4, -0.2) is 42.1 Å². The minimum atomic E-state index is -4.96. The third-order valence-corrected chi connectivity index (χ3v) is 5.81. The average molecular weight is 453 g/mol. The van der Waals surface area contributed by atoms with Crippen LogP contribution in [0.5, 0.6) is 0 Å². The second-order valence-corrected chi connectivity index (χ2v) is 8.14. The SMILES string of the molecule is O=C(N1CCc2ccc(S(=O)(=O)Nc3[nH]ncc3Br)cc2C1)C(F)(F)F. The molecule has 0 saturated carbocycles. The van der Waals surface area contributed by atoms with E-state index in [0.717, 1.165) is 0 Å².